The summed E-state index contributed by atoms with van der Waals surface area (Å²) in [5.74, 6) is 2.30. The summed E-state index contributed by atoms with van der Waals surface area (Å²) < 4.78 is 5.35. The van der Waals surface area contributed by atoms with Gasteiger partial charge >= 0.3 is 0 Å². The van der Waals surface area contributed by atoms with Crippen LogP contribution >= 0.6 is 0 Å². The van der Waals surface area contributed by atoms with Crippen molar-refractivity contribution < 1.29 is 4.52 Å². The quantitative estimate of drug-likeness (QED) is 0.666. The average molecular weight is 427 g/mol. The molecule has 7 heteroatoms. The van der Waals surface area contributed by atoms with Gasteiger partial charge < -0.3 is 14.3 Å². The van der Waals surface area contributed by atoms with E-state index in [0.29, 0.717) is 11.7 Å². The number of piperidine rings is 1. The second-order valence-corrected chi connectivity index (χ2v) is 9.04. The van der Waals surface area contributed by atoms with E-state index in [9.17, 15) is 0 Å². The normalized spacial score (nSPS) is 20.7. The zero-order valence-corrected chi connectivity index (χ0v) is 19.5. The first kappa shape index (κ1) is 22.2. The number of anilines is 1. The largest absolute Gasteiger partial charge is 0.355 e. The first-order valence-corrected chi connectivity index (χ1v) is 12.2. The van der Waals surface area contributed by atoms with E-state index in [0.717, 1.165) is 56.1 Å². The topological polar surface area (TPSA) is 61.5 Å². The maximum atomic E-state index is 5.35. The first-order valence-electron chi connectivity index (χ1n) is 12.2. The Morgan fingerprint density at radius 1 is 1.03 bits per heavy atom. The molecule has 4 rings (SSSR count). The van der Waals surface area contributed by atoms with Gasteiger partial charge in [0.05, 0.1) is 0 Å². The maximum Gasteiger partial charge on any atom is 0.226 e. The summed E-state index contributed by atoms with van der Waals surface area (Å²) in [4.78, 5) is 17.2. The molecule has 2 aliphatic rings. The highest BCUT2D eigenvalue weighted by Gasteiger charge is 2.28. The smallest absolute Gasteiger partial charge is 0.226 e. The maximum absolute atomic E-state index is 5.35. The zero-order valence-electron chi connectivity index (χ0n) is 19.5. The van der Waals surface area contributed by atoms with Crippen molar-refractivity contribution >= 4 is 5.82 Å². The van der Waals surface area contributed by atoms with Gasteiger partial charge in [0.2, 0.25) is 11.7 Å². The van der Waals surface area contributed by atoms with Gasteiger partial charge in [-0.05, 0) is 64.3 Å². The fraction of sp³-hybridized carbons (Fsp3) is 0.708. The van der Waals surface area contributed by atoms with Crippen molar-refractivity contribution in [3.8, 4) is 11.5 Å². The van der Waals surface area contributed by atoms with Crippen LogP contribution in [0.15, 0.2) is 22.7 Å². The third-order valence-electron chi connectivity index (χ3n) is 6.98. The average Bonchev–Trinajstić information content (AvgIpc) is 3.14. The van der Waals surface area contributed by atoms with E-state index >= 15 is 0 Å². The molecule has 0 aromatic carbocycles. The Kier molecular flexibility index (Phi) is 7.56. The Labute approximate surface area is 186 Å². The minimum absolute atomic E-state index is 0.592. The minimum atomic E-state index is 0.592. The zero-order chi connectivity index (χ0) is 21.6. The number of likely N-dealkylation sites (tertiary alicyclic amines) is 1. The third kappa shape index (κ3) is 5.44. The second-order valence-electron chi connectivity index (χ2n) is 9.04. The second kappa shape index (κ2) is 10.6. The molecule has 0 amide bonds. The number of pyridine rings is 1. The van der Waals surface area contributed by atoms with Crippen LogP contribution in [0, 0.1) is 0 Å². The molecule has 0 saturated carbocycles. The van der Waals surface area contributed by atoms with Gasteiger partial charge in [0, 0.05) is 44.7 Å². The fourth-order valence-electron chi connectivity index (χ4n) is 4.88. The molecule has 1 atom stereocenters. The van der Waals surface area contributed by atoms with Gasteiger partial charge in [0.1, 0.15) is 11.5 Å². The van der Waals surface area contributed by atoms with E-state index in [4.69, 9.17) is 9.51 Å². The lowest BCUT2D eigenvalue weighted by Crippen LogP contribution is -2.48. The summed E-state index contributed by atoms with van der Waals surface area (Å²) in [6.45, 7) is 13.6. The Hall–Kier alpha value is -1.99. The highest BCUT2D eigenvalue weighted by atomic mass is 16.5. The van der Waals surface area contributed by atoms with Crippen LogP contribution in [0.4, 0.5) is 5.82 Å². The van der Waals surface area contributed by atoms with Crippen molar-refractivity contribution in [1.29, 1.82) is 0 Å². The number of hydrogen-bond acceptors (Lipinski definition) is 7. The Morgan fingerprint density at radius 3 is 2.65 bits per heavy atom. The molecule has 170 valence electrons. The van der Waals surface area contributed by atoms with Crippen LogP contribution in [0.3, 0.4) is 0 Å². The van der Waals surface area contributed by atoms with E-state index in [1.165, 1.54) is 45.3 Å². The molecule has 2 saturated heterocycles. The lowest BCUT2D eigenvalue weighted by molar-refractivity contribution is 0.0906. The van der Waals surface area contributed by atoms with Crippen LogP contribution in [0.25, 0.3) is 11.5 Å². The summed E-state index contributed by atoms with van der Waals surface area (Å²) >= 11 is 0. The highest BCUT2D eigenvalue weighted by Crippen LogP contribution is 2.23. The van der Waals surface area contributed by atoms with E-state index in [1.54, 1.807) is 0 Å². The van der Waals surface area contributed by atoms with Gasteiger partial charge in [0.15, 0.2) is 0 Å². The third-order valence-corrected chi connectivity index (χ3v) is 6.98. The van der Waals surface area contributed by atoms with Crippen molar-refractivity contribution in [2.45, 2.75) is 71.4 Å². The van der Waals surface area contributed by atoms with Crippen molar-refractivity contribution in [2.75, 3.05) is 44.2 Å². The van der Waals surface area contributed by atoms with Crippen LogP contribution in [-0.2, 0) is 6.42 Å². The van der Waals surface area contributed by atoms with Gasteiger partial charge in [-0.3, -0.25) is 4.90 Å². The van der Waals surface area contributed by atoms with Crippen molar-refractivity contribution in [3.63, 3.8) is 0 Å². The van der Waals surface area contributed by atoms with Gasteiger partial charge in [0.25, 0.3) is 0 Å². The summed E-state index contributed by atoms with van der Waals surface area (Å²) in [5, 5.41) is 4.13. The molecule has 2 fully saturated rings. The van der Waals surface area contributed by atoms with Crippen LogP contribution in [0.2, 0.25) is 0 Å². The van der Waals surface area contributed by atoms with E-state index in [-0.39, 0.29) is 0 Å². The predicted octanol–water partition coefficient (Wildman–Crippen LogP) is 3.86. The highest BCUT2D eigenvalue weighted by molar-refractivity contribution is 5.53. The van der Waals surface area contributed by atoms with Gasteiger partial charge in [-0.15, -0.1) is 0 Å². The van der Waals surface area contributed by atoms with E-state index in [1.807, 2.05) is 6.07 Å². The molecule has 0 unspecified atom stereocenters. The summed E-state index contributed by atoms with van der Waals surface area (Å²) in [5.41, 5.74) is 0.794. The van der Waals surface area contributed by atoms with Crippen LogP contribution in [0.1, 0.15) is 58.8 Å². The molecule has 2 aliphatic heterocycles. The Bertz CT molecular complexity index is 816. The van der Waals surface area contributed by atoms with E-state index in [2.05, 4.69) is 57.7 Å². The standard InChI is InChI=1S/C24H38N6O/c1-4-8-23-26-24(27-31-23)21-9-6-10-22(25-21)30-14-7-13-29(17-18-30)20-11-15-28(16-12-20)19(3)5-2/h6,9-10,19-20H,4-5,7-8,11-18H2,1-3H3/t19-/m1/s1. The summed E-state index contributed by atoms with van der Waals surface area (Å²) in [7, 11) is 0. The van der Waals surface area contributed by atoms with Gasteiger partial charge in [-0.1, -0.05) is 25.1 Å². The fourth-order valence-corrected chi connectivity index (χ4v) is 4.88. The van der Waals surface area contributed by atoms with Crippen LogP contribution in [-0.4, -0.2) is 76.3 Å². The molecule has 31 heavy (non-hydrogen) atoms. The lowest BCUT2D eigenvalue weighted by Gasteiger charge is -2.40. The first-order chi connectivity index (χ1) is 15.2. The minimum Gasteiger partial charge on any atom is -0.355 e. The summed E-state index contributed by atoms with van der Waals surface area (Å²) in [6.07, 6.45) is 6.84. The van der Waals surface area contributed by atoms with Crippen LogP contribution in [0.5, 0.6) is 0 Å². The molecule has 0 bridgehead atoms. The van der Waals surface area contributed by atoms with Gasteiger partial charge in [-0.25, -0.2) is 4.98 Å². The van der Waals surface area contributed by atoms with Crippen molar-refractivity contribution in [1.82, 2.24) is 24.9 Å². The number of nitrogens with zero attached hydrogens (tertiary/aromatic N) is 6. The SMILES string of the molecule is CCCc1nc(-c2cccc(N3CCCN(C4CCN([C@H](C)CC)CC4)CC3)n2)no1. The summed E-state index contributed by atoms with van der Waals surface area (Å²) in [6, 6.07) is 7.59. The Balaban J connectivity index is 1.36. The number of aromatic nitrogens is 3. The molecule has 2 aromatic heterocycles. The molecule has 2 aromatic rings. The lowest BCUT2D eigenvalue weighted by atomic mass is 10.0. The Morgan fingerprint density at radius 2 is 1.87 bits per heavy atom. The molecule has 0 spiro atoms. The van der Waals surface area contributed by atoms with Crippen LogP contribution < -0.4 is 4.90 Å². The molecule has 0 aliphatic carbocycles. The molecule has 0 N–H and O–H groups in total. The number of hydrogen-bond donors (Lipinski definition) is 0. The van der Waals surface area contributed by atoms with Crippen molar-refractivity contribution in [3.05, 3.63) is 24.1 Å². The molecule has 7 nitrogen and oxygen atoms in total. The number of aryl methyl sites for hydroxylation is 1. The van der Waals surface area contributed by atoms with E-state index < -0.39 is 0 Å². The predicted molar refractivity (Wildman–Crippen MR) is 124 cm³/mol. The monoisotopic (exact) mass is 426 g/mol. The molecular formula is C24H38N6O. The number of rotatable bonds is 7. The molecular weight excluding hydrogens is 388 g/mol. The molecule has 4 heterocycles. The molecule has 0 radical (unpaired) electrons. The van der Waals surface area contributed by atoms with Crippen molar-refractivity contribution in [2.24, 2.45) is 0 Å². The van der Waals surface area contributed by atoms with Gasteiger partial charge in [-0.2, -0.15) is 4.98 Å².